The highest BCUT2D eigenvalue weighted by Crippen LogP contribution is 2.36. The van der Waals surface area contributed by atoms with Crippen molar-refractivity contribution in [1.29, 1.82) is 0 Å². The molecule has 3 aromatic rings. The normalized spacial score (nSPS) is 14.5. The van der Waals surface area contributed by atoms with Crippen LogP contribution in [0.3, 0.4) is 0 Å². The molecule has 4 rings (SSSR count). The molecule has 1 amide bonds. The van der Waals surface area contributed by atoms with Gasteiger partial charge in [-0.2, -0.15) is 0 Å². The number of rotatable bonds is 6. The van der Waals surface area contributed by atoms with Crippen LogP contribution in [-0.2, 0) is 4.79 Å². The second-order valence-corrected chi connectivity index (χ2v) is 9.05. The lowest BCUT2D eigenvalue weighted by atomic mass is 9.95. The van der Waals surface area contributed by atoms with Crippen molar-refractivity contribution in [2.45, 2.75) is 57.1 Å². The van der Waals surface area contributed by atoms with Gasteiger partial charge in [0.05, 0.1) is 11.3 Å². The fourth-order valence-corrected chi connectivity index (χ4v) is 4.86. The molecule has 1 aliphatic carbocycles. The van der Waals surface area contributed by atoms with Crippen LogP contribution in [0.2, 0.25) is 0 Å². The summed E-state index contributed by atoms with van der Waals surface area (Å²) < 4.78 is 16.6. The molecule has 1 heterocycles. The summed E-state index contributed by atoms with van der Waals surface area (Å²) in [6.45, 7) is 3.98. The van der Waals surface area contributed by atoms with Gasteiger partial charge in [-0.3, -0.25) is 9.36 Å². The van der Waals surface area contributed by atoms with E-state index in [2.05, 4.69) is 15.5 Å². The zero-order valence-electron chi connectivity index (χ0n) is 17.9. The standard InChI is InChI=1S/C24H27FN4OS/c1-16-12-13-17(2)21(14-16)26-22(30)15-31-24-28-27-23(19-10-6-7-11-20(19)25)29(24)18-8-4-3-5-9-18/h6-7,10-14,18H,3-5,8-9,15H2,1-2H3,(H,26,30). The molecule has 0 bridgehead atoms. The van der Waals surface area contributed by atoms with Crippen molar-refractivity contribution < 1.29 is 9.18 Å². The molecule has 0 saturated heterocycles. The molecule has 2 aromatic carbocycles. The van der Waals surface area contributed by atoms with Crippen LogP contribution in [0.4, 0.5) is 10.1 Å². The van der Waals surface area contributed by atoms with Crippen LogP contribution < -0.4 is 5.32 Å². The Kier molecular flexibility index (Phi) is 6.70. The number of amides is 1. The molecule has 5 nitrogen and oxygen atoms in total. The second-order valence-electron chi connectivity index (χ2n) is 8.10. The fraction of sp³-hybridized carbons (Fsp3) is 0.375. The van der Waals surface area contributed by atoms with Crippen molar-refractivity contribution in [3.63, 3.8) is 0 Å². The summed E-state index contributed by atoms with van der Waals surface area (Å²) in [5, 5.41) is 12.3. The van der Waals surface area contributed by atoms with Gasteiger partial charge in [0.1, 0.15) is 5.82 Å². The number of nitrogens with zero attached hydrogens (tertiary/aromatic N) is 3. The summed E-state index contributed by atoms with van der Waals surface area (Å²) in [6, 6.07) is 12.9. The summed E-state index contributed by atoms with van der Waals surface area (Å²) >= 11 is 1.35. The summed E-state index contributed by atoms with van der Waals surface area (Å²) in [7, 11) is 0. The lowest BCUT2D eigenvalue weighted by Crippen LogP contribution is -2.18. The Labute approximate surface area is 186 Å². The fourth-order valence-electron chi connectivity index (χ4n) is 4.06. The van der Waals surface area contributed by atoms with Crippen LogP contribution in [0.15, 0.2) is 47.6 Å². The molecular formula is C24H27FN4OS. The van der Waals surface area contributed by atoms with Crippen molar-refractivity contribution in [1.82, 2.24) is 14.8 Å². The van der Waals surface area contributed by atoms with E-state index in [0.29, 0.717) is 16.5 Å². The van der Waals surface area contributed by atoms with Crippen LogP contribution >= 0.6 is 11.8 Å². The van der Waals surface area contributed by atoms with E-state index in [9.17, 15) is 9.18 Å². The maximum absolute atomic E-state index is 14.5. The van der Waals surface area contributed by atoms with Crippen molar-refractivity contribution in [3.05, 3.63) is 59.4 Å². The third kappa shape index (κ3) is 4.98. The van der Waals surface area contributed by atoms with Gasteiger partial charge in [-0.15, -0.1) is 10.2 Å². The van der Waals surface area contributed by atoms with E-state index in [0.717, 1.165) is 42.5 Å². The minimum atomic E-state index is -0.309. The number of hydrogen-bond donors (Lipinski definition) is 1. The van der Waals surface area contributed by atoms with Crippen LogP contribution in [0.1, 0.15) is 49.3 Å². The summed E-state index contributed by atoms with van der Waals surface area (Å²) in [4.78, 5) is 12.6. The van der Waals surface area contributed by atoms with Crippen LogP contribution in [0.25, 0.3) is 11.4 Å². The van der Waals surface area contributed by atoms with Gasteiger partial charge < -0.3 is 5.32 Å². The molecule has 0 radical (unpaired) electrons. The Morgan fingerprint density at radius 3 is 2.68 bits per heavy atom. The predicted molar refractivity (Wildman–Crippen MR) is 123 cm³/mol. The summed E-state index contributed by atoms with van der Waals surface area (Å²) in [5.41, 5.74) is 3.40. The number of thioether (sulfide) groups is 1. The monoisotopic (exact) mass is 438 g/mol. The molecule has 0 aliphatic heterocycles. The number of carbonyl (C=O) groups is 1. The number of anilines is 1. The molecule has 0 spiro atoms. The van der Waals surface area contributed by atoms with Crippen molar-refractivity contribution in [2.24, 2.45) is 0 Å². The smallest absolute Gasteiger partial charge is 0.234 e. The largest absolute Gasteiger partial charge is 0.325 e. The van der Waals surface area contributed by atoms with Gasteiger partial charge in [-0.05, 0) is 56.0 Å². The SMILES string of the molecule is Cc1ccc(C)c(NC(=O)CSc2nnc(-c3ccccc3F)n2C2CCCCC2)c1. The Balaban J connectivity index is 1.56. The number of nitrogens with one attached hydrogen (secondary N) is 1. The highest BCUT2D eigenvalue weighted by molar-refractivity contribution is 7.99. The highest BCUT2D eigenvalue weighted by Gasteiger charge is 2.25. The number of aromatic nitrogens is 3. The van der Waals surface area contributed by atoms with Crippen molar-refractivity contribution >= 4 is 23.4 Å². The third-order valence-corrected chi connectivity index (χ3v) is 6.66. The molecule has 1 aromatic heterocycles. The van der Waals surface area contributed by atoms with Crippen molar-refractivity contribution in [2.75, 3.05) is 11.1 Å². The number of hydrogen-bond acceptors (Lipinski definition) is 4. The van der Waals surface area contributed by atoms with E-state index in [-0.39, 0.29) is 23.5 Å². The van der Waals surface area contributed by atoms with Gasteiger partial charge in [0, 0.05) is 11.7 Å². The molecule has 31 heavy (non-hydrogen) atoms. The topological polar surface area (TPSA) is 59.8 Å². The molecule has 7 heteroatoms. The van der Waals surface area contributed by atoms with Gasteiger partial charge in [0.25, 0.3) is 0 Å². The maximum Gasteiger partial charge on any atom is 0.234 e. The van der Waals surface area contributed by atoms with Gasteiger partial charge in [-0.25, -0.2) is 4.39 Å². The number of benzene rings is 2. The minimum absolute atomic E-state index is 0.0932. The van der Waals surface area contributed by atoms with Gasteiger partial charge in [0.2, 0.25) is 5.91 Å². The lowest BCUT2D eigenvalue weighted by Gasteiger charge is -2.25. The third-order valence-electron chi connectivity index (χ3n) is 5.72. The molecule has 1 N–H and O–H groups in total. The summed E-state index contributed by atoms with van der Waals surface area (Å²) in [6.07, 6.45) is 5.52. The number of aryl methyl sites for hydroxylation is 2. The first-order valence-corrected chi connectivity index (χ1v) is 11.7. The molecule has 162 valence electrons. The van der Waals surface area contributed by atoms with Gasteiger partial charge >= 0.3 is 0 Å². The highest BCUT2D eigenvalue weighted by atomic mass is 32.2. The van der Waals surface area contributed by atoms with Gasteiger partial charge in [0.15, 0.2) is 11.0 Å². The molecule has 1 fully saturated rings. The molecule has 0 atom stereocenters. The number of halogens is 1. The number of carbonyl (C=O) groups excluding carboxylic acids is 1. The van der Waals surface area contributed by atoms with Gasteiger partial charge in [-0.1, -0.05) is 55.3 Å². The first-order chi connectivity index (χ1) is 15.0. The quantitative estimate of drug-likeness (QED) is 0.484. The Morgan fingerprint density at radius 2 is 1.90 bits per heavy atom. The van der Waals surface area contributed by atoms with E-state index in [1.807, 2.05) is 42.7 Å². The predicted octanol–water partition coefficient (Wildman–Crippen LogP) is 5.94. The Hall–Kier alpha value is -2.67. The Bertz CT molecular complexity index is 1080. The second kappa shape index (κ2) is 9.64. The molecular weight excluding hydrogens is 411 g/mol. The first-order valence-electron chi connectivity index (χ1n) is 10.7. The van der Waals surface area contributed by atoms with E-state index in [4.69, 9.17) is 0 Å². The molecule has 1 aliphatic rings. The Morgan fingerprint density at radius 1 is 1.13 bits per heavy atom. The van der Waals surface area contributed by atoms with E-state index in [1.54, 1.807) is 12.1 Å². The minimum Gasteiger partial charge on any atom is -0.325 e. The lowest BCUT2D eigenvalue weighted by molar-refractivity contribution is -0.113. The van der Waals surface area contributed by atoms with Crippen molar-refractivity contribution in [3.8, 4) is 11.4 Å². The average Bonchev–Trinajstić information content (AvgIpc) is 3.19. The van der Waals surface area contributed by atoms with Crippen LogP contribution in [-0.4, -0.2) is 26.4 Å². The van der Waals surface area contributed by atoms with Crippen LogP contribution in [0.5, 0.6) is 0 Å². The molecule has 0 unspecified atom stereocenters. The van der Waals surface area contributed by atoms with E-state index < -0.39 is 0 Å². The summed E-state index contributed by atoms with van der Waals surface area (Å²) in [5.74, 6) is 0.359. The zero-order chi connectivity index (χ0) is 21.8. The zero-order valence-corrected chi connectivity index (χ0v) is 18.7. The van der Waals surface area contributed by atoms with E-state index in [1.165, 1.54) is 24.2 Å². The molecule has 1 saturated carbocycles. The van der Waals surface area contributed by atoms with Crippen LogP contribution in [0, 0.1) is 19.7 Å². The first kappa shape index (κ1) is 21.6. The van der Waals surface area contributed by atoms with E-state index >= 15 is 0 Å². The average molecular weight is 439 g/mol. The maximum atomic E-state index is 14.5.